The summed E-state index contributed by atoms with van der Waals surface area (Å²) in [6, 6.07) is 1.52. The van der Waals surface area contributed by atoms with Crippen molar-refractivity contribution >= 4 is 5.69 Å². The third kappa shape index (κ3) is 1.85. The van der Waals surface area contributed by atoms with Crippen molar-refractivity contribution in [2.45, 2.75) is 13.3 Å². The Morgan fingerprint density at radius 1 is 1.54 bits per heavy atom. The Bertz CT molecular complexity index is 315. The van der Waals surface area contributed by atoms with E-state index in [0.29, 0.717) is 5.69 Å². The molecule has 0 aliphatic rings. The van der Waals surface area contributed by atoms with Crippen molar-refractivity contribution < 1.29 is 13.5 Å². The van der Waals surface area contributed by atoms with Crippen LogP contribution in [0.1, 0.15) is 17.8 Å². The van der Waals surface area contributed by atoms with Crippen LogP contribution in [0.4, 0.5) is 14.5 Å². The minimum absolute atomic E-state index is 0.0944. The fourth-order valence-corrected chi connectivity index (χ4v) is 1.01. The Balaban J connectivity index is 3.27. The standard InChI is InChI=1S/C8H10F2N2O/c1-4-3-5(13-2)6(11)7(12-4)8(9)10/h3,8H,11H2,1-2H3. The fraction of sp³-hybridized carbons (Fsp3) is 0.375. The number of nitrogen functional groups attached to an aromatic ring is 1. The molecule has 1 heterocycles. The zero-order valence-electron chi connectivity index (χ0n) is 7.34. The number of anilines is 1. The normalized spacial score (nSPS) is 10.5. The quantitative estimate of drug-likeness (QED) is 0.771. The number of alkyl halides is 2. The summed E-state index contributed by atoms with van der Waals surface area (Å²) >= 11 is 0. The molecule has 0 spiro atoms. The van der Waals surface area contributed by atoms with Crippen molar-refractivity contribution in [1.82, 2.24) is 4.98 Å². The second kappa shape index (κ2) is 3.55. The lowest BCUT2D eigenvalue weighted by Gasteiger charge is -2.09. The van der Waals surface area contributed by atoms with Gasteiger partial charge in [-0.1, -0.05) is 0 Å². The van der Waals surface area contributed by atoms with E-state index in [2.05, 4.69) is 4.98 Å². The van der Waals surface area contributed by atoms with Crippen LogP contribution in [0.25, 0.3) is 0 Å². The summed E-state index contributed by atoms with van der Waals surface area (Å²) in [6.07, 6.45) is -2.67. The maximum absolute atomic E-state index is 12.3. The van der Waals surface area contributed by atoms with Gasteiger partial charge in [-0.25, -0.2) is 13.8 Å². The largest absolute Gasteiger partial charge is 0.494 e. The molecule has 2 N–H and O–H groups in total. The van der Waals surface area contributed by atoms with Gasteiger partial charge in [0.25, 0.3) is 6.43 Å². The summed E-state index contributed by atoms with van der Waals surface area (Å²) in [7, 11) is 1.38. The molecule has 0 saturated carbocycles. The molecule has 0 aliphatic heterocycles. The van der Waals surface area contributed by atoms with Gasteiger partial charge >= 0.3 is 0 Å². The fourth-order valence-electron chi connectivity index (χ4n) is 1.01. The topological polar surface area (TPSA) is 48.1 Å². The van der Waals surface area contributed by atoms with Gasteiger partial charge in [0.05, 0.1) is 7.11 Å². The molecule has 0 fully saturated rings. The summed E-state index contributed by atoms with van der Waals surface area (Å²) in [4.78, 5) is 3.63. The van der Waals surface area contributed by atoms with Crippen molar-refractivity contribution in [2.75, 3.05) is 12.8 Å². The minimum Gasteiger partial charge on any atom is -0.494 e. The average Bonchev–Trinajstić information content (AvgIpc) is 2.08. The predicted octanol–water partition coefficient (Wildman–Crippen LogP) is 1.92. The third-order valence-electron chi connectivity index (χ3n) is 1.60. The molecule has 5 heteroatoms. The molecule has 1 aromatic heterocycles. The van der Waals surface area contributed by atoms with Crippen LogP contribution < -0.4 is 10.5 Å². The SMILES string of the molecule is COc1cc(C)nc(C(F)F)c1N. The molecule has 0 bridgehead atoms. The van der Waals surface area contributed by atoms with E-state index in [-0.39, 0.29) is 11.4 Å². The van der Waals surface area contributed by atoms with E-state index in [1.807, 2.05) is 0 Å². The van der Waals surface area contributed by atoms with E-state index in [0.717, 1.165) is 0 Å². The number of aromatic nitrogens is 1. The van der Waals surface area contributed by atoms with Crippen LogP contribution >= 0.6 is 0 Å². The average molecular weight is 188 g/mol. The van der Waals surface area contributed by atoms with Crippen molar-refractivity contribution in [1.29, 1.82) is 0 Å². The number of nitrogens with zero attached hydrogens (tertiary/aromatic N) is 1. The maximum atomic E-state index is 12.3. The third-order valence-corrected chi connectivity index (χ3v) is 1.60. The number of nitrogens with two attached hydrogens (primary N) is 1. The van der Waals surface area contributed by atoms with E-state index >= 15 is 0 Å². The number of rotatable bonds is 2. The summed E-state index contributed by atoms with van der Waals surface area (Å²) in [5.74, 6) is 0.239. The van der Waals surface area contributed by atoms with E-state index in [4.69, 9.17) is 10.5 Å². The summed E-state index contributed by atoms with van der Waals surface area (Å²) in [5.41, 5.74) is 5.34. The van der Waals surface area contributed by atoms with Crippen LogP contribution in [-0.4, -0.2) is 12.1 Å². The molecule has 0 amide bonds. The number of halogens is 2. The Labute approximate surface area is 74.5 Å². The minimum atomic E-state index is -2.67. The molecular formula is C8H10F2N2O. The van der Waals surface area contributed by atoms with Gasteiger partial charge in [-0.3, -0.25) is 0 Å². The van der Waals surface area contributed by atoms with Crippen molar-refractivity contribution in [2.24, 2.45) is 0 Å². The molecule has 1 aromatic rings. The molecule has 3 nitrogen and oxygen atoms in total. The van der Waals surface area contributed by atoms with Gasteiger partial charge < -0.3 is 10.5 Å². The molecule has 0 aromatic carbocycles. The summed E-state index contributed by atoms with van der Waals surface area (Å²) in [6.45, 7) is 1.60. The van der Waals surface area contributed by atoms with Crippen LogP contribution in [0.15, 0.2) is 6.07 Å². The lowest BCUT2D eigenvalue weighted by molar-refractivity contribution is 0.146. The van der Waals surface area contributed by atoms with Gasteiger partial charge in [0.1, 0.15) is 17.1 Å². The molecular weight excluding hydrogens is 178 g/mol. The molecule has 0 saturated heterocycles. The molecule has 0 unspecified atom stereocenters. The zero-order valence-corrected chi connectivity index (χ0v) is 7.34. The second-order valence-corrected chi connectivity index (χ2v) is 2.57. The van der Waals surface area contributed by atoms with Crippen LogP contribution in [0.3, 0.4) is 0 Å². The lowest BCUT2D eigenvalue weighted by Crippen LogP contribution is -2.03. The van der Waals surface area contributed by atoms with Gasteiger partial charge in [0.2, 0.25) is 0 Å². The van der Waals surface area contributed by atoms with Gasteiger partial charge in [-0.05, 0) is 6.92 Å². The molecule has 0 atom stereocenters. The number of methoxy groups -OCH3 is 1. The van der Waals surface area contributed by atoms with Crippen molar-refractivity contribution in [3.63, 3.8) is 0 Å². The van der Waals surface area contributed by atoms with Crippen LogP contribution in [0.5, 0.6) is 5.75 Å². The monoisotopic (exact) mass is 188 g/mol. The first kappa shape index (κ1) is 9.70. The highest BCUT2D eigenvalue weighted by Crippen LogP contribution is 2.30. The number of hydrogen-bond donors (Lipinski definition) is 1. The highest BCUT2D eigenvalue weighted by atomic mass is 19.3. The van der Waals surface area contributed by atoms with Crippen LogP contribution in [0.2, 0.25) is 0 Å². The smallest absolute Gasteiger partial charge is 0.282 e. The first-order chi connectivity index (χ1) is 6.06. The zero-order chi connectivity index (χ0) is 10.0. The highest BCUT2D eigenvalue weighted by molar-refractivity contribution is 5.56. The second-order valence-electron chi connectivity index (χ2n) is 2.57. The Morgan fingerprint density at radius 2 is 2.15 bits per heavy atom. The summed E-state index contributed by atoms with van der Waals surface area (Å²) < 4.78 is 29.5. The number of pyridine rings is 1. The number of aryl methyl sites for hydroxylation is 1. The highest BCUT2D eigenvalue weighted by Gasteiger charge is 2.17. The van der Waals surface area contributed by atoms with E-state index in [1.54, 1.807) is 6.92 Å². The van der Waals surface area contributed by atoms with Crippen LogP contribution in [-0.2, 0) is 0 Å². The summed E-state index contributed by atoms with van der Waals surface area (Å²) in [5, 5.41) is 0. The first-order valence-electron chi connectivity index (χ1n) is 3.65. The first-order valence-corrected chi connectivity index (χ1v) is 3.65. The van der Waals surface area contributed by atoms with Gasteiger partial charge in [-0.15, -0.1) is 0 Å². The molecule has 0 radical (unpaired) electrons. The van der Waals surface area contributed by atoms with Gasteiger partial charge in [0.15, 0.2) is 0 Å². The Kier molecular flexibility index (Phi) is 2.65. The van der Waals surface area contributed by atoms with Crippen LogP contribution in [0, 0.1) is 6.92 Å². The van der Waals surface area contributed by atoms with Crippen molar-refractivity contribution in [3.05, 3.63) is 17.5 Å². The van der Waals surface area contributed by atoms with Gasteiger partial charge in [0, 0.05) is 11.8 Å². The molecule has 0 aliphatic carbocycles. The van der Waals surface area contributed by atoms with Crippen molar-refractivity contribution in [3.8, 4) is 5.75 Å². The number of hydrogen-bond acceptors (Lipinski definition) is 3. The molecule has 13 heavy (non-hydrogen) atoms. The van der Waals surface area contributed by atoms with E-state index in [9.17, 15) is 8.78 Å². The van der Waals surface area contributed by atoms with E-state index < -0.39 is 12.1 Å². The molecule has 72 valence electrons. The predicted molar refractivity (Wildman–Crippen MR) is 44.9 cm³/mol. The number of ether oxygens (including phenoxy) is 1. The molecule has 1 rings (SSSR count). The van der Waals surface area contributed by atoms with Gasteiger partial charge in [-0.2, -0.15) is 0 Å². The Hall–Kier alpha value is -1.39. The lowest BCUT2D eigenvalue weighted by atomic mass is 10.2. The Morgan fingerprint density at radius 3 is 2.62 bits per heavy atom. The van der Waals surface area contributed by atoms with E-state index in [1.165, 1.54) is 13.2 Å². The maximum Gasteiger partial charge on any atom is 0.282 e.